The van der Waals surface area contributed by atoms with Crippen LogP contribution < -0.4 is 0 Å². The van der Waals surface area contributed by atoms with Gasteiger partial charge in [0.2, 0.25) is 0 Å². The highest BCUT2D eigenvalue weighted by molar-refractivity contribution is 8.18. The van der Waals surface area contributed by atoms with Gasteiger partial charge in [0.25, 0.3) is 0 Å². The Balaban J connectivity index is 2.27. The lowest BCUT2D eigenvalue weighted by atomic mass is 9.99. The Morgan fingerprint density at radius 1 is 1.10 bits per heavy atom. The first-order valence-corrected chi connectivity index (χ1v) is 6.08. The summed E-state index contributed by atoms with van der Waals surface area (Å²) in [6.07, 6.45) is 4.36. The Morgan fingerprint density at radius 2 is 1.60 bits per heavy atom. The fraction of sp³-hybridized carbons (Fsp3) is 1.00. The molecule has 0 saturated heterocycles. The van der Waals surface area contributed by atoms with Crippen molar-refractivity contribution in [2.45, 2.75) is 37.2 Å². The van der Waals surface area contributed by atoms with Crippen LogP contribution in [0, 0.1) is 0 Å². The van der Waals surface area contributed by atoms with Crippen LogP contribution in [0.25, 0.3) is 0 Å². The van der Waals surface area contributed by atoms with Gasteiger partial charge in [-0.1, -0.05) is 13.8 Å². The minimum atomic E-state index is 0.656. The second-order valence-corrected chi connectivity index (χ2v) is 6.18. The highest BCUT2D eigenvalue weighted by Crippen LogP contribution is 2.52. The summed E-state index contributed by atoms with van der Waals surface area (Å²) in [5.41, 5.74) is 0. The normalized spacial score (nSPS) is 22.2. The van der Waals surface area contributed by atoms with Crippen LogP contribution in [0.15, 0.2) is 0 Å². The summed E-state index contributed by atoms with van der Waals surface area (Å²) >= 11 is 4.31. The lowest BCUT2D eigenvalue weighted by Gasteiger charge is -2.40. The number of hydrogen-bond donors (Lipinski definition) is 0. The molecule has 0 aromatic rings. The number of thioether (sulfide) groups is 2. The molecule has 60 valence electrons. The molecule has 10 heavy (non-hydrogen) atoms. The molecule has 1 fully saturated rings. The molecule has 0 heterocycles. The molecule has 2 heteroatoms. The Morgan fingerprint density at radius 3 is 1.80 bits per heavy atom. The fourth-order valence-electron chi connectivity index (χ4n) is 1.32. The summed E-state index contributed by atoms with van der Waals surface area (Å²) in [6, 6.07) is 0. The largest absolute Gasteiger partial charge is 0.145 e. The summed E-state index contributed by atoms with van der Waals surface area (Å²) in [5, 5.41) is 0. The Kier molecular flexibility index (Phi) is 3.44. The van der Waals surface area contributed by atoms with Crippen molar-refractivity contribution in [2.75, 3.05) is 11.5 Å². The van der Waals surface area contributed by atoms with Gasteiger partial charge in [0, 0.05) is 0 Å². The Hall–Kier alpha value is 0.700. The van der Waals surface area contributed by atoms with Crippen molar-refractivity contribution in [1.29, 1.82) is 0 Å². The molecule has 0 radical (unpaired) electrons. The predicted octanol–water partition coefficient (Wildman–Crippen LogP) is 3.37. The summed E-state index contributed by atoms with van der Waals surface area (Å²) in [7, 11) is 0. The van der Waals surface area contributed by atoms with E-state index in [4.69, 9.17) is 0 Å². The molecule has 1 aliphatic rings. The molecule has 0 N–H and O–H groups in total. The number of hydrogen-bond acceptors (Lipinski definition) is 2. The first kappa shape index (κ1) is 8.79. The van der Waals surface area contributed by atoms with Gasteiger partial charge >= 0.3 is 0 Å². The highest BCUT2D eigenvalue weighted by Gasteiger charge is 2.36. The van der Waals surface area contributed by atoms with Crippen LogP contribution in [0.3, 0.4) is 0 Å². The van der Waals surface area contributed by atoms with E-state index in [2.05, 4.69) is 37.4 Å². The van der Waals surface area contributed by atoms with E-state index in [1.807, 2.05) is 0 Å². The zero-order valence-corrected chi connectivity index (χ0v) is 8.49. The van der Waals surface area contributed by atoms with Gasteiger partial charge in [0.05, 0.1) is 4.08 Å². The molecule has 1 saturated carbocycles. The lowest BCUT2D eigenvalue weighted by molar-refractivity contribution is 0.484. The van der Waals surface area contributed by atoms with E-state index < -0.39 is 0 Å². The van der Waals surface area contributed by atoms with Crippen molar-refractivity contribution in [3.8, 4) is 0 Å². The maximum absolute atomic E-state index is 2.26. The van der Waals surface area contributed by atoms with Gasteiger partial charge in [-0.15, -0.1) is 23.5 Å². The molecule has 1 rings (SSSR count). The van der Waals surface area contributed by atoms with Gasteiger partial charge in [-0.2, -0.15) is 0 Å². The minimum Gasteiger partial charge on any atom is -0.145 e. The van der Waals surface area contributed by atoms with Crippen molar-refractivity contribution in [3.63, 3.8) is 0 Å². The van der Waals surface area contributed by atoms with Crippen LogP contribution in [0.4, 0.5) is 0 Å². The second-order valence-electron chi connectivity index (χ2n) is 2.63. The first-order valence-electron chi connectivity index (χ1n) is 4.11. The summed E-state index contributed by atoms with van der Waals surface area (Å²) in [5.74, 6) is 2.57. The zero-order valence-electron chi connectivity index (χ0n) is 6.85. The molecule has 0 aromatic carbocycles. The summed E-state index contributed by atoms with van der Waals surface area (Å²) < 4.78 is 0.656. The van der Waals surface area contributed by atoms with Crippen molar-refractivity contribution in [2.24, 2.45) is 0 Å². The standard InChI is InChI=1S/C8H16S2/c1-3-9-8(10-4-2)6-5-7-8/h3-7H2,1-2H3. The topological polar surface area (TPSA) is 0 Å². The molecule has 1 aliphatic carbocycles. The van der Waals surface area contributed by atoms with E-state index >= 15 is 0 Å². The van der Waals surface area contributed by atoms with Crippen LogP contribution in [0.1, 0.15) is 33.1 Å². The molecular formula is C8H16S2. The van der Waals surface area contributed by atoms with Gasteiger partial charge in [0.15, 0.2) is 0 Å². The van der Waals surface area contributed by atoms with Crippen molar-refractivity contribution < 1.29 is 0 Å². The zero-order chi connectivity index (χ0) is 7.45. The minimum absolute atomic E-state index is 0.656. The van der Waals surface area contributed by atoms with Gasteiger partial charge in [-0.3, -0.25) is 0 Å². The Labute approximate surface area is 72.5 Å². The van der Waals surface area contributed by atoms with Gasteiger partial charge in [-0.25, -0.2) is 0 Å². The summed E-state index contributed by atoms with van der Waals surface area (Å²) in [6.45, 7) is 4.53. The average molecular weight is 176 g/mol. The van der Waals surface area contributed by atoms with Crippen LogP contribution in [0.5, 0.6) is 0 Å². The third kappa shape index (κ3) is 1.85. The third-order valence-corrected chi connectivity index (χ3v) is 5.08. The van der Waals surface area contributed by atoms with Gasteiger partial charge < -0.3 is 0 Å². The molecular weight excluding hydrogens is 160 g/mol. The molecule has 0 aliphatic heterocycles. The van der Waals surface area contributed by atoms with E-state index in [9.17, 15) is 0 Å². The molecule has 0 bridgehead atoms. The fourth-order valence-corrected chi connectivity index (χ4v) is 4.57. The van der Waals surface area contributed by atoms with Crippen molar-refractivity contribution in [1.82, 2.24) is 0 Å². The monoisotopic (exact) mass is 176 g/mol. The van der Waals surface area contributed by atoms with E-state index in [1.165, 1.54) is 30.8 Å². The summed E-state index contributed by atoms with van der Waals surface area (Å²) in [4.78, 5) is 0. The first-order chi connectivity index (χ1) is 4.83. The molecule has 0 atom stereocenters. The van der Waals surface area contributed by atoms with Crippen LogP contribution >= 0.6 is 23.5 Å². The average Bonchev–Trinajstić information content (AvgIpc) is 1.84. The number of rotatable bonds is 4. The van der Waals surface area contributed by atoms with Gasteiger partial charge in [-0.05, 0) is 30.8 Å². The highest BCUT2D eigenvalue weighted by atomic mass is 32.2. The van der Waals surface area contributed by atoms with Crippen LogP contribution in [0.2, 0.25) is 0 Å². The Bertz CT molecular complexity index is 89.4. The van der Waals surface area contributed by atoms with E-state index in [-0.39, 0.29) is 0 Å². The predicted molar refractivity (Wildman–Crippen MR) is 52.8 cm³/mol. The van der Waals surface area contributed by atoms with Crippen molar-refractivity contribution in [3.05, 3.63) is 0 Å². The molecule has 0 unspecified atom stereocenters. The maximum atomic E-state index is 2.26. The van der Waals surface area contributed by atoms with Gasteiger partial charge in [0.1, 0.15) is 0 Å². The van der Waals surface area contributed by atoms with E-state index in [0.29, 0.717) is 4.08 Å². The molecule has 0 amide bonds. The molecule has 0 spiro atoms. The van der Waals surface area contributed by atoms with Crippen LogP contribution in [-0.2, 0) is 0 Å². The second kappa shape index (κ2) is 3.91. The van der Waals surface area contributed by atoms with E-state index in [0.717, 1.165) is 0 Å². The van der Waals surface area contributed by atoms with Crippen molar-refractivity contribution >= 4 is 23.5 Å². The SMILES string of the molecule is CCSC1(SCC)CCC1. The van der Waals surface area contributed by atoms with Crippen LogP contribution in [-0.4, -0.2) is 15.6 Å². The quantitative estimate of drug-likeness (QED) is 0.602. The maximum Gasteiger partial charge on any atom is 0.0610 e. The van der Waals surface area contributed by atoms with E-state index in [1.54, 1.807) is 0 Å². The lowest BCUT2D eigenvalue weighted by Crippen LogP contribution is -2.29. The third-order valence-electron chi connectivity index (χ3n) is 1.93. The molecule has 0 aromatic heterocycles. The smallest absolute Gasteiger partial charge is 0.0610 e. The molecule has 0 nitrogen and oxygen atoms in total.